The summed E-state index contributed by atoms with van der Waals surface area (Å²) in [7, 11) is 0. The summed E-state index contributed by atoms with van der Waals surface area (Å²) >= 11 is 1.38. The van der Waals surface area contributed by atoms with Crippen molar-refractivity contribution in [3.05, 3.63) is 29.8 Å². The van der Waals surface area contributed by atoms with E-state index in [9.17, 15) is 0 Å². The van der Waals surface area contributed by atoms with E-state index in [-0.39, 0.29) is 0 Å². The van der Waals surface area contributed by atoms with E-state index in [0.717, 1.165) is 17.0 Å². The van der Waals surface area contributed by atoms with E-state index in [1.807, 2.05) is 37.4 Å². The molecule has 21 heavy (non-hydrogen) atoms. The molecule has 0 atom stereocenters. The summed E-state index contributed by atoms with van der Waals surface area (Å²) in [4.78, 5) is 0. The maximum atomic E-state index is 6.01. The molecule has 0 saturated heterocycles. The van der Waals surface area contributed by atoms with Crippen LogP contribution < -0.4 is 10.5 Å². The molecule has 1 fully saturated rings. The molecule has 4 nitrogen and oxygen atoms in total. The molecule has 1 aromatic rings. The Labute approximate surface area is 130 Å². The van der Waals surface area contributed by atoms with Gasteiger partial charge < -0.3 is 10.5 Å². The van der Waals surface area contributed by atoms with Crippen molar-refractivity contribution in [3.63, 3.8) is 0 Å². The molecule has 1 saturated carbocycles. The Morgan fingerprint density at radius 3 is 2.43 bits per heavy atom. The number of benzene rings is 1. The summed E-state index contributed by atoms with van der Waals surface area (Å²) < 4.78 is 6.01. The van der Waals surface area contributed by atoms with Crippen molar-refractivity contribution in [2.24, 2.45) is 15.9 Å². The molecule has 1 aromatic carbocycles. The molecule has 5 heteroatoms. The first-order valence-electron chi connectivity index (χ1n) is 7.38. The van der Waals surface area contributed by atoms with E-state index in [0.29, 0.717) is 11.3 Å². The van der Waals surface area contributed by atoms with Gasteiger partial charge in [0.2, 0.25) is 0 Å². The minimum absolute atomic E-state index is 0.380. The third-order valence-corrected chi connectivity index (χ3v) is 4.13. The lowest BCUT2D eigenvalue weighted by Gasteiger charge is -2.23. The van der Waals surface area contributed by atoms with Gasteiger partial charge in [-0.2, -0.15) is 5.10 Å². The van der Waals surface area contributed by atoms with E-state index >= 15 is 0 Å². The highest BCUT2D eigenvalue weighted by Crippen LogP contribution is 2.23. The zero-order valence-corrected chi connectivity index (χ0v) is 13.5. The van der Waals surface area contributed by atoms with Crippen LogP contribution in [0, 0.1) is 0 Å². The molecule has 1 aliphatic carbocycles. The third-order valence-electron chi connectivity index (χ3n) is 3.63. The standard InChI is InChI=1S/C16H23N3OS/c1-12(18-19-16(17)21-2)13-8-10-15(11-9-13)20-14-6-4-3-5-7-14/h8-11,14H,3-7H2,1-2H3,(H2,17,19)/b18-12+. The van der Waals surface area contributed by atoms with E-state index in [1.54, 1.807) is 0 Å². The molecular weight excluding hydrogens is 282 g/mol. The molecule has 0 amide bonds. The number of thioether (sulfide) groups is 1. The molecule has 2 rings (SSSR count). The van der Waals surface area contributed by atoms with Gasteiger partial charge in [-0.1, -0.05) is 18.2 Å². The van der Waals surface area contributed by atoms with Gasteiger partial charge in [0, 0.05) is 0 Å². The van der Waals surface area contributed by atoms with Gasteiger partial charge in [0.25, 0.3) is 0 Å². The van der Waals surface area contributed by atoms with Gasteiger partial charge in [-0.25, -0.2) is 0 Å². The van der Waals surface area contributed by atoms with Crippen LogP contribution in [-0.4, -0.2) is 23.2 Å². The van der Waals surface area contributed by atoms with E-state index in [2.05, 4.69) is 10.2 Å². The molecule has 0 unspecified atom stereocenters. The molecular formula is C16H23N3OS. The van der Waals surface area contributed by atoms with Crippen LogP contribution in [0.25, 0.3) is 0 Å². The number of hydrogen-bond acceptors (Lipinski definition) is 4. The Kier molecular flexibility index (Phi) is 6.11. The number of nitrogens with zero attached hydrogens (tertiary/aromatic N) is 2. The van der Waals surface area contributed by atoms with Crippen LogP contribution >= 0.6 is 11.8 Å². The second-order valence-corrected chi connectivity index (χ2v) is 6.06. The van der Waals surface area contributed by atoms with E-state index < -0.39 is 0 Å². The molecule has 0 heterocycles. The Hall–Kier alpha value is -1.49. The maximum Gasteiger partial charge on any atom is 0.180 e. The first kappa shape index (κ1) is 15.9. The van der Waals surface area contributed by atoms with Crippen molar-refractivity contribution in [1.29, 1.82) is 0 Å². The molecule has 0 aromatic heterocycles. The van der Waals surface area contributed by atoms with Gasteiger partial charge in [-0.3, -0.25) is 0 Å². The van der Waals surface area contributed by atoms with Crippen molar-refractivity contribution in [2.75, 3.05) is 6.26 Å². The number of amidine groups is 1. The van der Waals surface area contributed by atoms with Gasteiger partial charge in [0.15, 0.2) is 5.17 Å². The highest BCUT2D eigenvalue weighted by molar-refractivity contribution is 8.13. The van der Waals surface area contributed by atoms with Crippen LogP contribution in [0.2, 0.25) is 0 Å². The van der Waals surface area contributed by atoms with Gasteiger partial charge in [-0.05, 0) is 68.7 Å². The Morgan fingerprint density at radius 2 is 1.81 bits per heavy atom. The zero-order valence-electron chi connectivity index (χ0n) is 12.7. The van der Waals surface area contributed by atoms with Crippen molar-refractivity contribution in [3.8, 4) is 5.75 Å². The summed E-state index contributed by atoms with van der Waals surface area (Å²) in [6.07, 6.45) is 8.50. The Balaban J connectivity index is 1.97. The summed E-state index contributed by atoms with van der Waals surface area (Å²) in [5, 5.41) is 8.54. The quantitative estimate of drug-likeness (QED) is 0.523. The van der Waals surface area contributed by atoms with Crippen molar-refractivity contribution >= 4 is 22.6 Å². The van der Waals surface area contributed by atoms with Gasteiger partial charge in [0.05, 0.1) is 11.8 Å². The fourth-order valence-electron chi connectivity index (χ4n) is 2.37. The van der Waals surface area contributed by atoms with Crippen LogP contribution in [0.5, 0.6) is 5.75 Å². The third kappa shape index (κ3) is 5.08. The smallest absolute Gasteiger partial charge is 0.180 e. The zero-order chi connectivity index (χ0) is 15.1. The molecule has 114 valence electrons. The normalized spacial score (nSPS) is 17.8. The lowest BCUT2D eigenvalue weighted by Crippen LogP contribution is -2.19. The molecule has 0 spiro atoms. The average Bonchev–Trinajstić information content (AvgIpc) is 2.54. The summed E-state index contributed by atoms with van der Waals surface area (Å²) in [5.41, 5.74) is 7.49. The van der Waals surface area contributed by atoms with Crippen molar-refractivity contribution in [2.45, 2.75) is 45.1 Å². The van der Waals surface area contributed by atoms with E-state index in [4.69, 9.17) is 10.5 Å². The van der Waals surface area contributed by atoms with Gasteiger partial charge in [0.1, 0.15) is 5.75 Å². The summed E-state index contributed by atoms with van der Waals surface area (Å²) in [5.74, 6) is 0.936. The molecule has 0 bridgehead atoms. The Bertz CT molecular complexity index is 505. The van der Waals surface area contributed by atoms with Gasteiger partial charge in [-0.15, -0.1) is 5.10 Å². The van der Waals surface area contributed by atoms with Gasteiger partial charge >= 0.3 is 0 Å². The number of hydrogen-bond donors (Lipinski definition) is 1. The summed E-state index contributed by atoms with van der Waals surface area (Å²) in [6.45, 7) is 1.92. The van der Waals surface area contributed by atoms with Crippen molar-refractivity contribution < 1.29 is 4.74 Å². The van der Waals surface area contributed by atoms with Crippen molar-refractivity contribution in [1.82, 2.24) is 0 Å². The van der Waals surface area contributed by atoms with E-state index in [1.165, 1.54) is 43.9 Å². The monoisotopic (exact) mass is 305 g/mol. The van der Waals surface area contributed by atoms with Crippen LogP contribution in [0.4, 0.5) is 0 Å². The number of ether oxygens (including phenoxy) is 1. The first-order chi connectivity index (χ1) is 10.2. The fraction of sp³-hybridized carbons (Fsp3) is 0.500. The minimum atomic E-state index is 0.380. The second kappa shape index (κ2) is 8.08. The van der Waals surface area contributed by atoms with Crippen LogP contribution in [0.15, 0.2) is 34.5 Å². The summed E-state index contributed by atoms with van der Waals surface area (Å²) in [6, 6.07) is 8.04. The highest BCUT2D eigenvalue weighted by Gasteiger charge is 2.14. The largest absolute Gasteiger partial charge is 0.490 e. The van der Waals surface area contributed by atoms with Crippen LogP contribution in [0.3, 0.4) is 0 Å². The molecule has 1 aliphatic rings. The predicted octanol–water partition coefficient (Wildman–Crippen LogP) is 3.80. The van der Waals surface area contributed by atoms with Crippen LogP contribution in [0.1, 0.15) is 44.6 Å². The maximum absolute atomic E-state index is 6.01. The Morgan fingerprint density at radius 1 is 1.14 bits per heavy atom. The molecule has 2 N–H and O–H groups in total. The number of rotatable bonds is 4. The predicted molar refractivity (Wildman–Crippen MR) is 91.3 cm³/mol. The fourth-order valence-corrected chi connectivity index (χ4v) is 2.50. The van der Waals surface area contributed by atoms with Crippen LogP contribution in [-0.2, 0) is 0 Å². The second-order valence-electron chi connectivity index (χ2n) is 5.23. The molecule has 0 aliphatic heterocycles. The minimum Gasteiger partial charge on any atom is -0.490 e. The average molecular weight is 305 g/mol. The first-order valence-corrected chi connectivity index (χ1v) is 8.60. The highest BCUT2D eigenvalue weighted by atomic mass is 32.2. The lowest BCUT2D eigenvalue weighted by molar-refractivity contribution is 0.155. The SMILES string of the molecule is CS/C(N)=N\N=C(/C)c1ccc(OC2CCCCC2)cc1. The molecule has 0 radical (unpaired) electrons. The topological polar surface area (TPSA) is 60.0 Å². The lowest BCUT2D eigenvalue weighted by atomic mass is 9.98. The number of nitrogens with two attached hydrogens (primary N) is 1.